The predicted molar refractivity (Wildman–Crippen MR) is 74.1 cm³/mol. The van der Waals surface area contributed by atoms with E-state index in [2.05, 4.69) is 10.1 Å². The van der Waals surface area contributed by atoms with Crippen molar-refractivity contribution >= 4 is 5.91 Å². The molecule has 1 amide bonds. The number of rotatable bonds is 8. The van der Waals surface area contributed by atoms with Crippen molar-refractivity contribution in [2.75, 3.05) is 13.7 Å². The lowest BCUT2D eigenvalue weighted by Crippen LogP contribution is -2.42. The van der Waals surface area contributed by atoms with Crippen LogP contribution in [0.15, 0.2) is 24.3 Å². The molecule has 0 radical (unpaired) electrons. The highest BCUT2D eigenvalue weighted by Crippen LogP contribution is 2.20. The fourth-order valence-electron chi connectivity index (χ4n) is 1.74. The molecule has 0 aromatic heterocycles. The minimum absolute atomic E-state index is 0.0484. The van der Waals surface area contributed by atoms with Gasteiger partial charge < -0.3 is 20.5 Å². The van der Waals surface area contributed by atoms with Crippen molar-refractivity contribution in [1.29, 1.82) is 0 Å². The first-order valence-corrected chi connectivity index (χ1v) is 6.53. The lowest BCUT2D eigenvalue weighted by Gasteiger charge is -2.18. The van der Waals surface area contributed by atoms with E-state index in [9.17, 15) is 13.6 Å². The van der Waals surface area contributed by atoms with E-state index < -0.39 is 12.7 Å². The summed E-state index contributed by atoms with van der Waals surface area (Å²) in [5.41, 5.74) is 6.36. The van der Waals surface area contributed by atoms with Crippen LogP contribution in [0.1, 0.15) is 24.9 Å². The van der Waals surface area contributed by atoms with E-state index >= 15 is 0 Å². The zero-order chi connectivity index (χ0) is 15.8. The second kappa shape index (κ2) is 8.53. The summed E-state index contributed by atoms with van der Waals surface area (Å²) in [4.78, 5) is 11.9. The Balaban J connectivity index is 2.62. The van der Waals surface area contributed by atoms with Crippen molar-refractivity contribution in [3.63, 3.8) is 0 Å². The molecule has 118 valence electrons. The molecule has 1 aromatic rings. The molecule has 0 saturated carbocycles. The molecular weight excluding hydrogens is 282 g/mol. The smallest absolute Gasteiger partial charge is 0.387 e. The fourth-order valence-corrected chi connectivity index (χ4v) is 1.74. The van der Waals surface area contributed by atoms with Gasteiger partial charge in [-0.15, -0.1) is 0 Å². The van der Waals surface area contributed by atoms with Crippen molar-refractivity contribution in [3.05, 3.63) is 29.8 Å². The predicted octanol–water partition coefficient (Wildman–Crippen LogP) is 1.83. The zero-order valence-electron chi connectivity index (χ0n) is 12.0. The van der Waals surface area contributed by atoms with Crippen molar-refractivity contribution in [2.45, 2.75) is 32.0 Å². The van der Waals surface area contributed by atoms with Crippen LogP contribution < -0.4 is 15.8 Å². The molecule has 0 spiro atoms. The summed E-state index contributed by atoms with van der Waals surface area (Å²) in [6.07, 6.45) is 0.406. The van der Waals surface area contributed by atoms with Gasteiger partial charge in [0.15, 0.2) is 0 Å². The molecule has 0 aliphatic carbocycles. The molecule has 1 aromatic carbocycles. The maximum atomic E-state index is 12.2. The first-order chi connectivity index (χ1) is 9.93. The number of carbonyl (C=O) groups excluding carboxylic acids is 1. The van der Waals surface area contributed by atoms with Crippen molar-refractivity contribution in [3.8, 4) is 5.75 Å². The Hall–Kier alpha value is -1.73. The van der Waals surface area contributed by atoms with E-state index in [1.54, 1.807) is 19.1 Å². The number of hydrogen-bond donors (Lipinski definition) is 2. The standard InChI is InChI=1S/C14H20F2N2O3/c1-9(18-13(19)12(17)6-7-20-2)10-4-3-5-11(8-10)21-14(15)16/h3-5,8-9,12,14H,6-7,17H2,1-2H3,(H,18,19). The average molecular weight is 302 g/mol. The Bertz CT molecular complexity index is 458. The molecule has 2 unspecified atom stereocenters. The highest BCUT2D eigenvalue weighted by atomic mass is 19.3. The number of methoxy groups -OCH3 is 1. The number of nitrogens with one attached hydrogen (secondary N) is 1. The first kappa shape index (κ1) is 17.3. The highest BCUT2D eigenvalue weighted by Gasteiger charge is 2.17. The summed E-state index contributed by atoms with van der Waals surface area (Å²) < 4.78 is 33.5. The SMILES string of the molecule is COCCC(N)C(=O)NC(C)c1cccc(OC(F)F)c1. The summed E-state index contributed by atoms with van der Waals surface area (Å²) >= 11 is 0. The maximum Gasteiger partial charge on any atom is 0.387 e. The molecule has 0 saturated heterocycles. The molecule has 21 heavy (non-hydrogen) atoms. The minimum atomic E-state index is -2.88. The number of ether oxygens (including phenoxy) is 2. The number of hydrogen-bond acceptors (Lipinski definition) is 4. The number of nitrogens with two attached hydrogens (primary N) is 1. The molecule has 0 bridgehead atoms. The third-order valence-electron chi connectivity index (χ3n) is 2.91. The Kier molecular flexibility index (Phi) is 7.04. The van der Waals surface area contributed by atoms with Crippen LogP contribution in [0.25, 0.3) is 0 Å². The summed E-state index contributed by atoms with van der Waals surface area (Å²) in [6.45, 7) is -0.754. The van der Waals surface area contributed by atoms with Crippen molar-refractivity contribution < 1.29 is 23.0 Å². The van der Waals surface area contributed by atoms with E-state index in [0.29, 0.717) is 18.6 Å². The molecule has 3 N–H and O–H groups in total. The maximum absolute atomic E-state index is 12.2. The number of halogens is 2. The zero-order valence-corrected chi connectivity index (χ0v) is 12.0. The topological polar surface area (TPSA) is 73.6 Å². The lowest BCUT2D eigenvalue weighted by molar-refractivity contribution is -0.123. The van der Waals surface area contributed by atoms with E-state index in [0.717, 1.165) is 0 Å². The van der Waals surface area contributed by atoms with E-state index in [1.807, 2.05) is 0 Å². The van der Waals surface area contributed by atoms with Gasteiger partial charge in [0.1, 0.15) is 5.75 Å². The van der Waals surface area contributed by atoms with Gasteiger partial charge in [-0.1, -0.05) is 12.1 Å². The largest absolute Gasteiger partial charge is 0.435 e. The van der Waals surface area contributed by atoms with Crippen LogP contribution in [0.3, 0.4) is 0 Å². The van der Waals surface area contributed by atoms with Crippen LogP contribution in [-0.2, 0) is 9.53 Å². The van der Waals surface area contributed by atoms with Crippen molar-refractivity contribution in [1.82, 2.24) is 5.32 Å². The number of amides is 1. The van der Waals surface area contributed by atoms with Gasteiger partial charge in [-0.3, -0.25) is 4.79 Å². The summed E-state index contributed by atoms with van der Waals surface area (Å²) in [5, 5.41) is 2.72. The van der Waals surface area contributed by atoms with Crippen molar-refractivity contribution in [2.24, 2.45) is 5.73 Å². The highest BCUT2D eigenvalue weighted by molar-refractivity contribution is 5.81. The molecular formula is C14H20F2N2O3. The van der Waals surface area contributed by atoms with E-state index in [4.69, 9.17) is 10.5 Å². The van der Waals surface area contributed by atoms with Gasteiger partial charge in [0.2, 0.25) is 5.91 Å². The third-order valence-corrected chi connectivity index (χ3v) is 2.91. The van der Waals surface area contributed by atoms with Gasteiger partial charge >= 0.3 is 6.61 Å². The molecule has 0 heterocycles. The quantitative estimate of drug-likeness (QED) is 0.768. The monoisotopic (exact) mass is 302 g/mol. The van der Waals surface area contributed by atoms with Crippen LogP contribution in [-0.4, -0.2) is 32.3 Å². The number of carbonyl (C=O) groups is 1. The molecule has 5 nitrogen and oxygen atoms in total. The summed E-state index contributed by atoms with van der Waals surface area (Å²) in [5.74, 6) is -0.271. The Labute approximate surface area is 122 Å². The molecule has 0 aliphatic rings. The fraction of sp³-hybridized carbons (Fsp3) is 0.500. The van der Waals surface area contributed by atoms with Gasteiger partial charge in [-0.2, -0.15) is 8.78 Å². The average Bonchev–Trinajstić information content (AvgIpc) is 2.44. The molecule has 7 heteroatoms. The van der Waals surface area contributed by atoms with Gasteiger partial charge in [0, 0.05) is 13.7 Å². The normalized spacial score (nSPS) is 13.8. The van der Waals surface area contributed by atoms with Gasteiger partial charge in [-0.05, 0) is 31.0 Å². The van der Waals surface area contributed by atoms with E-state index in [1.165, 1.54) is 19.2 Å². The molecule has 2 atom stereocenters. The molecule has 1 rings (SSSR count). The van der Waals surface area contributed by atoms with Crippen LogP contribution in [0.4, 0.5) is 8.78 Å². The Morgan fingerprint density at radius 1 is 1.43 bits per heavy atom. The van der Waals surface area contributed by atoms with Crippen LogP contribution >= 0.6 is 0 Å². The second-order valence-corrected chi connectivity index (χ2v) is 4.57. The second-order valence-electron chi connectivity index (χ2n) is 4.57. The van der Waals surface area contributed by atoms with Gasteiger partial charge in [-0.25, -0.2) is 0 Å². The molecule has 0 aliphatic heterocycles. The third kappa shape index (κ3) is 6.05. The van der Waals surface area contributed by atoms with Crippen LogP contribution in [0, 0.1) is 0 Å². The number of benzene rings is 1. The Morgan fingerprint density at radius 2 is 2.14 bits per heavy atom. The molecule has 0 fully saturated rings. The van der Waals surface area contributed by atoms with Gasteiger partial charge in [0.05, 0.1) is 12.1 Å². The van der Waals surface area contributed by atoms with Crippen LogP contribution in [0.5, 0.6) is 5.75 Å². The van der Waals surface area contributed by atoms with Gasteiger partial charge in [0.25, 0.3) is 0 Å². The summed E-state index contributed by atoms with van der Waals surface area (Å²) in [6, 6.07) is 5.14. The summed E-state index contributed by atoms with van der Waals surface area (Å²) in [7, 11) is 1.53. The van der Waals surface area contributed by atoms with Crippen LogP contribution in [0.2, 0.25) is 0 Å². The minimum Gasteiger partial charge on any atom is -0.435 e. The lowest BCUT2D eigenvalue weighted by atomic mass is 10.1. The first-order valence-electron chi connectivity index (χ1n) is 6.53. The van der Waals surface area contributed by atoms with E-state index in [-0.39, 0.29) is 17.7 Å². The Morgan fingerprint density at radius 3 is 2.76 bits per heavy atom. The number of alkyl halides is 2.